The maximum atomic E-state index is 13.0. The Morgan fingerprint density at radius 3 is 2.71 bits per heavy atom. The van der Waals surface area contributed by atoms with Crippen LogP contribution in [0.3, 0.4) is 0 Å². The molecule has 0 fully saturated rings. The van der Waals surface area contributed by atoms with E-state index in [4.69, 9.17) is 5.11 Å². The fraction of sp³-hybridized carbons (Fsp3) is 0.417. The molecule has 94 valence electrons. The predicted octanol–water partition coefficient (Wildman–Crippen LogP) is 2.79. The average molecular weight is 304 g/mol. The van der Waals surface area contributed by atoms with Gasteiger partial charge in [-0.1, -0.05) is 29.8 Å². The number of hydrogen-bond donors (Lipinski definition) is 2. The second-order valence-electron chi connectivity index (χ2n) is 4.18. The van der Waals surface area contributed by atoms with E-state index in [1.807, 2.05) is 13.8 Å². The molecule has 0 bridgehead atoms. The van der Waals surface area contributed by atoms with E-state index in [0.717, 1.165) is 4.47 Å². The van der Waals surface area contributed by atoms with E-state index in [1.54, 1.807) is 6.07 Å². The molecule has 0 amide bonds. The third-order valence-electron chi connectivity index (χ3n) is 2.45. The average Bonchev–Trinajstić information content (AvgIpc) is 2.22. The van der Waals surface area contributed by atoms with E-state index in [2.05, 4.69) is 21.2 Å². The highest BCUT2D eigenvalue weighted by molar-refractivity contribution is 9.10. The monoisotopic (exact) mass is 303 g/mol. The molecule has 2 N–H and O–H groups in total. The largest absolute Gasteiger partial charge is 0.480 e. The van der Waals surface area contributed by atoms with Crippen LogP contribution < -0.4 is 5.32 Å². The molecule has 17 heavy (non-hydrogen) atoms. The Balaban J connectivity index is 2.72. The highest BCUT2D eigenvalue weighted by atomic mass is 79.9. The Labute approximate surface area is 108 Å². The van der Waals surface area contributed by atoms with Gasteiger partial charge in [-0.2, -0.15) is 0 Å². The fourth-order valence-electron chi connectivity index (χ4n) is 1.51. The van der Waals surface area contributed by atoms with Gasteiger partial charge in [0.25, 0.3) is 0 Å². The summed E-state index contributed by atoms with van der Waals surface area (Å²) in [5, 5.41) is 11.9. The van der Waals surface area contributed by atoms with Crippen molar-refractivity contribution in [3.05, 3.63) is 34.1 Å². The molecule has 0 spiro atoms. The Bertz CT molecular complexity index is 409. The zero-order valence-corrected chi connectivity index (χ0v) is 11.3. The third kappa shape index (κ3) is 4.09. The van der Waals surface area contributed by atoms with Crippen LogP contribution in [0.25, 0.3) is 0 Å². The zero-order valence-electron chi connectivity index (χ0n) is 9.71. The lowest BCUT2D eigenvalue weighted by Gasteiger charge is -2.18. The second-order valence-corrected chi connectivity index (χ2v) is 5.03. The van der Waals surface area contributed by atoms with Gasteiger partial charge in [-0.25, -0.2) is 4.39 Å². The maximum absolute atomic E-state index is 13.0. The van der Waals surface area contributed by atoms with E-state index in [9.17, 15) is 9.18 Å². The normalized spacial score (nSPS) is 12.8. The summed E-state index contributed by atoms with van der Waals surface area (Å²) >= 11 is 3.30. The van der Waals surface area contributed by atoms with E-state index in [-0.39, 0.29) is 11.7 Å². The zero-order chi connectivity index (χ0) is 13.0. The molecule has 0 aromatic heterocycles. The first-order valence-corrected chi connectivity index (χ1v) is 6.11. The van der Waals surface area contributed by atoms with Gasteiger partial charge in [-0.05, 0) is 29.7 Å². The minimum absolute atomic E-state index is 0.0279. The number of nitrogens with one attached hydrogen (secondary N) is 1. The van der Waals surface area contributed by atoms with Crippen LogP contribution >= 0.6 is 15.9 Å². The highest BCUT2D eigenvalue weighted by Crippen LogP contribution is 2.18. The van der Waals surface area contributed by atoms with Crippen molar-refractivity contribution >= 4 is 21.9 Å². The summed E-state index contributed by atoms with van der Waals surface area (Å²) in [6, 6.07) is 3.71. The first-order valence-electron chi connectivity index (χ1n) is 5.32. The molecular weight excluding hydrogens is 289 g/mol. The standard InChI is InChI=1S/C12H15BrFNO2/c1-7(2)11(12(16)17)15-6-8-5-9(14)3-4-10(8)13/h3-5,7,11,15H,6H2,1-2H3,(H,16,17)/t11-/m1/s1. The van der Waals surface area contributed by atoms with Crippen LogP contribution in [0.2, 0.25) is 0 Å². The van der Waals surface area contributed by atoms with Crippen molar-refractivity contribution in [3.8, 4) is 0 Å². The molecule has 0 saturated carbocycles. The number of benzene rings is 1. The summed E-state index contributed by atoms with van der Waals surface area (Å²) in [5.41, 5.74) is 0.705. The SMILES string of the molecule is CC(C)[C@@H](NCc1cc(F)ccc1Br)C(=O)O. The van der Waals surface area contributed by atoms with Crippen molar-refractivity contribution < 1.29 is 14.3 Å². The van der Waals surface area contributed by atoms with Crippen molar-refractivity contribution in [1.82, 2.24) is 5.32 Å². The first kappa shape index (κ1) is 14.1. The minimum Gasteiger partial charge on any atom is -0.480 e. The summed E-state index contributed by atoms with van der Waals surface area (Å²) in [5.74, 6) is -1.26. The van der Waals surface area contributed by atoms with Gasteiger partial charge in [-0.15, -0.1) is 0 Å². The van der Waals surface area contributed by atoms with Crippen LogP contribution in [0.4, 0.5) is 4.39 Å². The van der Waals surface area contributed by atoms with Crippen LogP contribution in [0.5, 0.6) is 0 Å². The van der Waals surface area contributed by atoms with Crippen LogP contribution in [-0.4, -0.2) is 17.1 Å². The van der Waals surface area contributed by atoms with Gasteiger partial charge < -0.3 is 10.4 Å². The summed E-state index contributed by atoms with van der Waals surface area (Å²) < 4.78 is 13.8. The van der Waals surface area contributed by atoms with Crippen LogP contribution in [0, 0.1) is 11.7 Å². The van der Waals surface area contributed by atoms with E-state index in [0.29, 0.717) is 12.1 Å². The topological polar surface area (TPSA) is 49.3 Å². The number of carboxylic acid groups (broad SMARTS) is 1. The minimum atomic E-state index is -0.896. The molecular formula is C12H15BrFNO2. The Morgan fingerprint density at radius 2 is 2.18 bits per heavy atom. The quantitative estimate of drug-likeness (QED) is 0.879. The van der Waals surface area contributed by atoms with Gasteiger partial charge in [0.05, 0.1) is 0 Å². The molecule has 1 aromatic rings. The molecule has 1 atom stereocenters. The molecule has 0 unspecified atom stereocenters. The van der Waals surface area contributed by atoms with Crippen molar-refractivity contribution in [2.24, 2.45) is 5.92 Å². The summed E-state index contributed by atoms with van der Waals surface area (Å²) in [6.07, 6.45) is 0. The van der Waals surface area contributed by atoms with Gasteiger partial charge >= 0.3 is 5.97 Å². The Kier molecular flexibility index (Phi) is 5.08. The first-order chi connectivity index (χ1) is 7.91. The Morgan fingerprint density at radius 1 is 1.53 bits per heavy atom. The molecule has 0 aliphatic rings. The molecule has 0 aliphatic carbocycles. The number of hydrogen-bond acceptors (Lipinski definition) is 2. The lowest BCUT2D eigenvalue weighted by atomic mass is 10.0. The van der Waals surface area contributed by atoms with Gasteiger partial charge in [0.15, 0.2) is 0 Å². The lowest BCUT2D eigenvalue weighted by Crippen LogP contribution is -2.40. The molecule has 0 heterocycles. The van der Waals surface area contributed by atoms with E-state index >= 15 is 0 Å². The molecule has 0 radical (unpaired) electrons. The number of carbonyl (C=O) groups is 1. The molecule has 1 aromatic carbocycles. The second kappa shape index (κ2) is 6.12. The van der Waals surface area contributed by atoms with Crippen molar-refractivity contribution in [1.29, 1.82) is 0 Å². The number of carboxylic acids is 1. The number of aliphatic carboxylic acids is 1. The van der Waals surface area contributed by atoms with Gasteiger partial charge in [0, 0.05) is 11.0 Å². The summed E-state index contributed by atoms with van der Waals surface area (Å²) in [6.45, 7) is 3.96. The van der Waals surface area contributed by atoms with Crippen molar-refractivity contribution in [2.45, 2.75) is 26.4 Å². The Hall–Kier alpha value is -0.940. The molecule has 5 heteroatoms. The molecule has 0 saturated heterocycles. The highest BCUT2D eigenvalue weighted by Gasteiger charge is 2.20. The molecule has 3 nitrogen and oxygen atoms in total. The third-order valence-corrected chi connectivity index (χ3v) is 3.23. The van der Waals surface area contributed by atoms with Gasteiger partial charge in [-0.3, -0.25) is 4.79 Å². The van der Waals surface area contributed by atoms with Crippen molar-refractivity contribution in [2.75, 3.05) is 0 Å². The predicted molar refractivity (Wildman–Crippen MR) is 67.2 cm³/mol. The number of halogens is 2. The van der Waals surface area contributed by atoms with Crippen LogP contribution in [0.1, 0.15) is 19.4 Å². The maximum Gasteiger partial charge on any atom is 0.320 e. The summed E-state index contributed by atoms with van der Waals surface area (Å²) in [7, 11) is 0. The van der Waals surface area contributed by atoms with Crippen molar-refractivity contribution in [3.63, 3.8) is 0 Å². The van der Waals surface area contributed by atoms with Crippen LogP contribution in [0.15, 0.2) is 22.7 Å². The van der Waals surface area contributed by atoms with E-state index < -0.39 is 12.0 Å². The summed E-state index contributed by atoms with van der Waals surface area (Å²) in [4.78, 5) is 11.0. The smallest absolute Gasteiger partial charge is 0.320 e. The fourth-order valence-corrected chi connectivity index (χ4v) is 1.89. The van der Waals surface area contributed by atoms with Gasteiger partial charge in [0.2, 0.25) is 0 Å². The molecule has 1 rings (SSSR count). The number of rotatable bonds is 5. The molecule has 0 aliphatic heterocycles. The van der Waals surface area contributed by atoms with E-state index in [1.165, 1.54) is 12.1 Å². The van der Waals surface area contributed by atoms with Gasteiger partial charge in [0.1, 0.15) is 11.9 Å². The van der Waals surface area contributed by atoms with Crippen LogP contribution in [-0.2, 0) is 11.3 Å². The lowest BCUT2D eigenvalue weighted by molar-refractivity contribution is -0.140.